The number of nitrogens with zero attached hydrogens (tertiary/aromatic N) is 1. The SMILES string of the molecule is Cc1onc(NS(=O)(=O)C=Cc2ccccc2-c2ccccc2)c1Br. The number of aryl methyl sites for hydroxylation is 1. The first-order valence-corrected chi connectivity index (χ1v) is 9.77. The molecule has 0 unspecified atom stereocenters. The predicted molar refractivity (Wildman–Crippen MR) is 102 cm³/mol. The molecule has 3 rings (SSSR count). The van der Waals surface area contributed by atoms with Crippen LogP contribution in [0.5, 0.6) is 0 Å². The zero-order chi connectivity index (χ0) is 17.9. The van der Waals surface area contributed by atoms with Crippen LogP contribution in [0.3, 0.4) is 0 Å². The second-order valence-corrected chi connectivity index (χ2v) is 7.66. The minimum Gasteiger partial charge on any atom is -0.358 e. The van der Waals surface area contributed by atoms with Gasteiger partial charge in [0.15, 0.2) is 5.82 Å². The molecule has 128 valence electrons. The molecule has 1 heterocycles. The van der Waals surface area contributed by atoms with E-state index in [2.05, 4.69) is 25.8 Å². The largest absolute Gasteiger partial charge is 0.358 e. The summed E-state index contributed by atoms with van der Waals surface area (Å²) in [4.78, 5) is 0. The molecule has 0 saturated heterocycles. The Labute approximate surface area is 154 Å². The smallest absolute Gasteiger partial charge is 0.256 e. The molecule has 3 aromatic rings. The van der Waals surface area contributed by atoms with Crippen molar-refractivity contribution >= 4 is 37.8 Å². The quantitative estimate of drug-likeness (QED) is 0.643. The fourth-order valence-electron chi connectivity index (χ4n) is 2.28. The second kappa shape index (κ2) is 7.25. The van der Waals surface area contributed by atoms with Crippen molar-refractivity contribution < 1.29 is 12.9 Å². The summed E-state index contributed by atoms with van der Waals surface area (Å²) in [6, 6.07) is 17.4. The van der Waals surface area contributed by atoms with Crippen molar-refractivity contribution in [1.82, 2.24) is 5.16 Å². The van der Waals surface area contributed by atoms with Crippen molar-refractivity contribution in [2.75, 3.05) is 4.72 Å². The number of hydrogen-bond acceptors (Lipinski definition) is 4. The molecule has 25 heavy (non-hydrogen) atoms. The Morgan fingerprint density at radius 2 is 1.76 bits per heavy atom. The maximum absolute atomic E-state index is 12.3. The molecule has 0 spiro atoms. The Morgan fingerprint density at radius 1 is 1.08 bits per heavy atom. The van der Waals surface area contributed by atoms with E-state index in [9.17, 15) is 8.42 Å². The first-order valence-electron chi connectivity index (χ1n) is 7.43. The summed E-state index contributed by atoms with van der Waals surface area (Å²) in [7, 11) is -3.72. The Morgan fingerprint density at radius 3 is 2.44 bits per heavy atom. The lowest BCUT2D eigenvalue weighted by Crippen LogP contribution is -2.09. The summed E-state index contributed by atoms with van der Waals surface area (Å²) in [6.45, 7) is 1.68. The van der Waals surface area contributed by atoms with Gasteiger partial charge >= 0.3 is 0 Å². The summed E-state index contributed by atoms with van der Waals surface area (Å²) in [6.07, 6.45) is 1.56. The van der Waals surface area contributed by atoms with Crippen molar-refractivity contribution in [3.8, 4) is 11.1 Å². The Balaban J connectivity index is 1.88. The van der Waals surface area contributed by atoms with Crippen LogP contribution in [0.4, 0.5) is 5.82 Å². The summed E-state index contributed by atoms with van der Waals surface area (Å²) in [5, 5.41) is 4.79. The first kappa shape index (κ1) is 17.4. The van der Waals surface area contributed by atoms with Crippen LogP contribution in [0.2, 0.25) is 0 Å². The van der Waals surface area contributed by atoms with Gasteiger partial charge in [-0.25, -0.2) is 8.42 Å². The number of sulfonamides is 1. The van der Waals surface area contributed by atoms with Gasteiger partial charge in [0.2, 0.25) is 0 Å². The van der Waals surface area contributed by atoms with E-state index in [1.807, 2.05) is 54.6 Å². The lowest BCUT2D eigenvalue weighted by molar-refractivity contribution is 0.399. The molecule has 0 fully saturated rings. The van der Waals surface area contributed by atoms with Gasteiger partial charge in [-0.1, -0.05) is 59.8 Å². The highest BCUT2D eigenvalue weighted by Gasteiger charge is 2.15. The zero-order valence-corrected chi connectivity index (χ0v) is 15.7. The third-order valence-corrected chi connectivity index (χ3v) is 5.41. The van der Waals surface area contributed by atoms with Gasteiger partial charge in [0.05, 0.1) is 5.41 Å². The van der Waals surface area contributed by atoms with Gasteiger partial charge in [0, 0.05) is 0 Å². The molecule has 0 aliphatic rings. The van der Waals surface area contributed by atoms with E-state index in [4.69, 9.17) is 4.52 Å². The normalized spacial score (nSPS) is 11.8. The highest BCUT2D eigenvalue weighted by atomic mass is 79.9. The fourth-order valence-corrected chi connectivity index (χ4v) is 3.46. The van der Waals surface area contributed by atoms with Gasteiger partial charge in [-0.2, -0.15) is 0 Å². The van der Waals surface area contributed by atoms with Gasteiger partial charge in [-0.05, 0) is 45.6 Å². The van der Waals surface area contributed by atoms with E-state index < -0.39 is 10.0 Å². The lowest BCUT2D eigenvalue weighted by atomic mass is 10.00. The van der Waals surface area contributed by atoms with Crippen molar-refractivity contribution in [2.45, 2.75) is 6.92 Å². The third kappa shape index (κ3) is 4.18. The van der Waals surface area contributed by atoms with Gasteiger partial charge in [-0.15, -0.1) is 0 Å². The molecule has 1 aromatic heterocycles. The van der Waals surface area contributed by atoms with E-state index in [0.29, 0.717) is 10.2 Å². The van der Waals surface area contributed by atoms with Crippen LogP contribution in [0.25, 0.3) is 17.2 Å². The van der Waals surface area contributed by atoms with Crippen molar-refractivity contribution in [3.63, 3.8) is 0 Å². The number of halogens is 1. The van der Waals surface area contributed by atoms with Gasteiger partial charge in [0.1, 0.15) is 10.2 Å². The predicted octanol–water partition coefficient (Wildman–Crippen LogP) is 4.83. The monoisotopic (exact) mass is 418 g/mol. The molecule has 0 radical (unpaired) electrons. The van der Waals surface area contributed by atoms with E-state index in [1.54, 1.807) is 13.0 Å². The van der Waals surface area contributed by atoms with Gasteiger partial charge < -0.3 is 4.52 Å². The van der Waals surface area contributed by atoms with Crippen LogP contribution < -0.4 is 4.72 Å². The number of rotatable bonds is 5. The standard InChI is InChI=1S/C18H15BrN2O3S/c1-13-17(19)18(20-24-13)21-25(22,23)12-11-15-9-5-6-10-16(15)14-7-3-2-4-8-14/h2-12H,1H3,(H,20,21). The van der Waals surface area contributed by atoms with Crippen molar-refractivity contribution in [3.05, 3.63) is 75.8 Å². The highest BCUT2D eigenvalue weighted by Crippen LogP contribution is 2.27. The van der Waals surface area contributed by atoms with Crippen LogP contribution in [0.15, 0.2) is 69.0 Å². The number of aromatic nitrogens is 1. The average Bonchev–Trinajstić information content (AvgIpc) is 2.93. The Hall–Kier alpha value is -2.38. The van der Waals surface area contributed by atoms with Gasteiger partial charge in [-0.3, -0.25) is 4.72 Å². The van der Waals surface area contributed by atoms with Crippen molar-refractivity contribution in [1.29, 1.82) is 0 Å². The Bertz CT molecular complexity index is 1010. The molecule has 5 nitrogen and oxygen atoms in total. The van der Waals surface area contributed by atoms with Crippen LogP contribution in [0.1, 0.15) is 11.3 Å². The molecule has 2 aromatic carbocycles. The topological polar surface area (TPSA) is 72.2 Å². The molecular formula is C18H15BrN2O3S. The van der Waals surface area contributed by atoms with Crippen LogP contribution in [-0.4, -0.2) is 13.6 Å². The van der Waals surface area contributed by atoms with E-state index in [0.717, 1.165) is 22.1 Å². The minimum absolute atomic E-state index is 0.124. The molecule has 0 aliphatic heterocycles. The van der Waals surface area contributed by atoms with E-state index >= 15 is 0 Å². The molecule has 0 bridgehead atoms. The third-order valence-electron chi connectivity index (χ3n) is 3.50. The van der Waals surface area contributed by atoms with Crippen LogP contribution in [0, 0.1) is 6.92 Å². The molecule has 1 N–H and O–H groups in total. The summed E-state index contributed by atoms with van der Waals surface area (Å²) in [5.41, 5.74) is 2.77. The maximum atomic E-state index is 12.3. The molecule has 0 saturated carbocycles. The lowest BCUT2D eigenvalue weighted by Gasteiger charge is -2.06. The zero-order valence-electron chi connectivity index (χ0n) is 13.3. The molecule has 0 atom stereocenters. The molecular weight excluding hydrogens is 404 g/mol. The minimum atomic E-state index is -3.72. The summed E-state index contributed by atoms with van der Waals surface area (Å²) in [5.74, 6) is 0.620. The summed E-state index contributed by atoms with van der Waals surface area (Å²) >= 11 is 3.23. The fraction of sp³-hybridized carbons (Fsp3) is 0.0556. The summed E-state index contributed by atoms with van der Waals surface area (Å²) < 4.78 is 32.3. The van der Waals surface area contributed by atoms with Crippen molar-refractivity contribution in [2.24, 2.45) is 0 Å². The van der Waals surface area contributed by atoms with E-state index in [1.165, 1.54) is 0 Å². The number of benzene rings is 2. The van der Waals surface area contributed by atoms with E-state index in [-0.39, 0.29) is 5.82 Å². The average molecular weight is 419 g/mol. The maximum Gasteiger partial charge on any atom is 0.256 e. The number of hydrogen-bond donors (Lipinski definition) is 1. The number of anilines is 1. The van der Waals surface area contributed by atoms with Crippen LogP contribution >= 0.6 is 15.9 Å². The van der Waals surface area contributed by atoms with Gasteiger partial charge in [0.25, 0.3) is 10.0 Å². The highest BCUT2D eigenvalue weighted by molar-refractivity contribution is 9.10. The molecule has 7 heteroatoms. The molecule has 0 aliphatic carbocycles. The molecule has 0 amide bonds. The second-order valence-electron chi connectivity index (χ2n) is 5.30. The Kier molecular flexibility index (Phi) is 5.06. The first-order chi connectivity index (χ1) is 12.0. The van der Waals surface area contributed by atoms with Crippen LogP contribution in [-0.2, 0) is 10.0 Å². The number of nitrogens with one attached hydrogen (secondary N) is 1.